The zero-order valence-electron chi connectivity index (χ0n) is 17.4. The average Bonchev–Trinajstić information content (AvgIpc) is 3.00. The number of carbonyl (C=O) groups excluding carboxylic acids is 1. The molecule has 0 unspecified atom stereocenters. The van der Waals surface area contributed by atoms with Crippen LogP contribution < -0.4 is 14.4 Å². The van der Waals surface area contributed by atoms with Crippen LogP contribution in [-0.2, 0) is 4.79 Å². The third kappa shape index (κ3) is 3.89. The fourth-order valence-corrected chi connectivity index (χ4v) is 4.09. The van der Waals surface area contributed by atoms with Crippen molar-refractivity contribution in [3.63, 3.8) is 0 Å². The Morgan fingerprint density at radius 1 is 1.07 bits per heavy atom. The number of aromatic nitrogens is 2. The summed E-state index contributed by atoms with van der Waals surface area (Å²) in [6.45, 7) is 4.90. The second-order valence-corrected chi connectivity index (χ2v) is 7.72. The molecule has 1 fully saturated rings. The van der Waals surface area contributed by atoms with Crippen LogP contribution in [0.1, 0.15) is 13.3 Å². The molecule has 7 nitrogen and oxygen atoms in total. The van der Waals surface area contributed by atoms with Gasteiger partial charge in [-0.15, -0.1) is 0 Å². The number of methoxy groups -OCH3 is 2. The van der Waals surface area contributed by atoms with E-state index in [4.69, 9.17) is 26.1 Å². The molecule has 0 saturated carbocycles. The quantitative estimate of drug-likeness (QED) is 0.633. The van der Waals surface area contributed by atoms with Crippen molar-refractivity contribution in [2.45, 2.75) is 13.3 Å². The van der Waals surface area contributed by atoms with E-state index in [9.17, 15) is 4.79 Å². The van der Waals surface area contributed by atoms with Gasteiger partial charge in [0.1, 0.15) is 17.1 Å². The summed E-state index contributed by atoms with van der Waals surface area (Å²) in [4.78, 5) is 20.7. The number of rotatable bonds is 4. The Balaban J connectivity index is 1.65. The summed E-state index contributed by atoms with van der Waals surface area (Å²) in [5, 5.41) is 0.505. The molecule has 1 aliphatic heterocycles. The topological polar surface area (TPSA) is 59.3 Å². The highest BCUT2D eigenvalue weighted by atomic mass is 35.5. The van der Waals surface area contributed by atoms with Crippen molar-refractivity contribution < 1.29 is 14.3 Å². The Morgan fingerprint density at radius 3 is 2.60 bits per heavy atom. The molecule has 0 radical (unpaired) electrons. The van der Waals surface area contributed by atoms with Gasteiger partial charge < -0.3 is 23.7 Å². The van der Waals surface area contributed by atoms with Crippen molar-refractivity contribution in [2.75, 3.05) is 45.3 Å². The van der Waals surface area contributed by atoms with Gasteiger partial charge in [0.05, 0.1) is 24.9 Å². The van der Waals surface area contributed by atoms with Crippen LogP contribution in [0.4, 0.5) is 5.69 Å². The first-order valence-corrected chi connectivity index (χ1v) is 10.3. The number of nitrogens with zero attached hydrogens (tertiary/aromatic N) is 4. The van der Waals surface area contributed by atoms with Crippen molar-refractivity contribution in [3.8, 4) is 22.8 Å². The van der Waals surface area contributed by atoms with Crippen molar-refractivity contribution in [3.05, 3.63) is 41.7 Å². The third-order valence-electron chi connectivity index (χ3n) is 5.50. The number of pyridine rings is 1. The number of hydrogen-bond acceptors (Lipinski definition) is 5. The number of anilines is 1. The molecule has 1 aliphatic rings. The van der Waals surface area contributed by atoms with Crippen LogP contribution in [0.5, 0.6) is 11.5 Å². The summed E-state index contributed by atoms with van der Waals surface area (Å²) >= 11 is 6.33. The molecule has 0 spiro atoms. The number of ether oxygens (including phenoxy) is 2. The fourth-order valence-electron chi connectivity index (χ4n) is 3.85. The largest absolute Gasteiger partial charge is 0.496 e. The van der Waals surface area contributed by atoms with E-state index >= 15 is 0 Å². The minimum atomic E-state index is 0.136. The molecule has 4 rings (SSSR count). The second-order valence-electron chi connectivity index (χ2n) is 7.31. The highest BCUT2D eigenvalue weighted by Gasteiger charge is 2.18. The predicted octanol–water partition coefficient (Wildman–Crippen LogP) is 3.73. The first-order chi connectivity index (χ1) is 14.5. The number of fused-ring (bicyclic) bond motifs is 1. The van der Waals surface area contributed by atoms with Gasteiger partial charge in [0.15, 0.2) is 0 Å². The Labute approximate surface area is 180 Å². The number of carbonyl (C=O) groups is 1. The molecule has 0 N–H and O–H groups in total. The van der Waals surface area contributed by atoms with E-state index in [0.29, 0.717) is 16.5 Å². The lowest BCUT2D eigenvalue weighted by atomic mass is 10.1. The van der Waals surface area contributed by atoms with Crippen molar-refractivity contribution >= 4 is 28.8 Å². The van der Waals surface area contributed by atoms with E-state index in [1.807, 2.05) is 27.8 Å². The summed E-state index contributed by atoms with van der Waals surface area (Å²) in [5.74, 6) is 1.35. The summed E-state index contributed by atoms with van der Waals surface area (Å²) in [6, 6.07) is 7.74. The number of halogens is 1. The summed E-state index contributed by atoms with van der Waals surface area (Å²) in [6.07, 6.45) is 4.91. The molecule has 1 aromatic carbocycles. The van der Waals surface area contributed by atoms with Crippen molar-refractivity contribution in [1.29, 1.82) is 0 Å². The van der Waals surface area contributed by atoms with Gasteiger partial charge in [-0.25, -0.2) is 4.98 Å². The maximum Gasteiger partial charge on any atom is 0.219 e. The number of hydrogen-bond donors (Lipinski definition) is 0. The molecule has 0 aliphatic carbocycles. The molecule has 0 bridgehead atoms. The molecule has 8 heteroatoms. The summed E-state index contributed by atoms with van der Waals surface area (Å²) in [5.41, 5.74) is 3.52. The zero-order chi connectivity index (χ0) is 21.3. The lowest BCUT2D eigenvalue weighted by Gasteiger charge is -2.23. The first-order valence-electron chi connectivity index (χ1n) is 9.91. The SMILES string of the molecule is COc1cc(OC)c(-c2cn3ccc(N4CCCN(C(C)=O)CC4)cc3n2)cc1Cl. The van der Waals surface area contributed by atoms with Gasteiger partial charge in [-0.3, -0.25) is 4.79 Å². The highest BCUT2D eigenvalue weighted by Crippen LogP contribution is 2.38. The molecule has 1 saturated heterocycles. The second kappa shape index (κ2) is 8.44. The lowest BCUT2D eigenvalue weighted by Crippen LogP contribution is -2.33. The van der Waals surface area contributed by atoms with E-state index in [2.05, 4.69) is 17.0 Å². The van der Waals surface area contributed by atoms with E-state index in [0.717, 1.165) is 55.2 Å². The lowest BCUT2D eigenvalue weighted by molar-refractivity contribution is -0.128. The molecule has 0 atom stereocenters. The predicted molar refractivity (Wildman–Crippen MR) is 118 cm³/mol. The maximum atomic E-state index is 11.7. The minimum absolute atomic E-state index is 0.136. The van der Waals surface area contributed by atoms with E-state index < -0.39 is 0 Å². The molecule has 30 heavy (non-hydrogen) atoms. The summed E-state index contributed by atoms with van der Waals surface area (Å²) < 4.78 is 12.8. The maximum absolute atomic E-state index is 11.7. The molecule has 2 aromatic heterocycles. The fraction of sp³-hybridized carbons (Fsp3) is 0.364. The monoisotopic (exact) mass is 428 g/mol. The van der Waals surface area contributed by atoms with Gasteiger partial charge >= 0.3 is 0 Å². The van der Waals surface area contributed by atoms with Gasteiger partial charge in [-0.1, -0.05) is 11.6 Å². The molecule has 3 heterocycles. The van der Waals surface area contributed by atoms with Gasteiger partial charge in [0.2, 0.25) is 5.91 Å². The van der Waals surface area contributed by atoms with Gasteiger partial charge in [0.25, 0.3) is 0 Å². The summed E-state index contributed by atoms with van der Waals surface area (Å²) in [7, 11) is 3.19. The molecule has 1 amide bonds. The Hall–Kier alpha value is -2.93. The number of imidazole rings is 1. The average molecular weight is 429 g/mol. The van der Waals surface area contributed by atoms with Crippen LogP contribution >= 0.6 is 11.6 Å². The van der Waals surface area contributed by atoms with Crippen molar-refractivity contribution in [1.82, 2.24) is 14.3 Å². The molecule has 158 valence electrons. The van der Waals surface area contributed by atoms with E-state index in [1.54, 1.807) is 27.2 Å². The van der Waals surface area contributed by atoms with Crippen LogP contribution in [0.2, 0.25) is 5.02 Å². The first kappa shape index (κ1) is 20.3. The van der Waals surface area contributed by atoms with Crippen LogP contribution in [0, 0.1) is 0 Å². The molecular weight excluding hydrogens is 404 g/mol. The normalized spacial score (nSPS) is 14.7. The Bertz CT molecular complexity index is 1080. The van der Waals surface area contributed by atoms with Crippen molar-refractivity contribution in [2.24, 2.45) is 0 Å². The zero-order valence-corrected chi connectivity index (χ0v) is 18.1. The third-order valence-corrected chi connectivity index (χ3v) is 5.80. The van der Waals surface area contributed by atoms with Crippen LogP contribution in [0.25, 0.3) is 16.9 Å². The molecular formula is C22H25ClN4O3. The van der Waals surface area contributed by atoms with Crippen LogP contribution in [0.3, 0.4) is 0 Å². The van der Waals surface area contributed by atoms with Gasteiger partial charge in [-0.05, 0) is 18.6 Å². The number of amides is 1. The van der Waals surface area contributed by atoms with E-state index in [-0.39, 0.29) is 5.91 Å². The standard InChI is InChI=1S/C22H25ClN4O3/c1-15(28)25-6-4-7-26(10-9-25)16-5-8-27-14-19(24-22(27)11-16)17-12-18(23)21(30-3)13-20(17)29-2/h5,8,11-14H,4,6-7,9-10H2,1-3H3. The van der Waals surface area contributed by atoms with Crippen LogP contribution in [-0.4, -0.2) is 60.6 Å². The van der Waals surface area contributed by atoms with Gasteiger partial charge in [0, 0.05) is 68.9 Å². The molecule has 3 aromatic rings. The Kier molecular flexibility index (Phi) is 5.72. The van der Waals surface area contributed by atoms with E-state index in [1.165, 1.54) is 0 Å². The smallest absolute Gasteiger partial charge is 0.219 e. The van der Waals surface area contributed by atoms with Crippen LogP contribution in [0.15, 0.2) is 36.7 Å². The minimum Gasteiger partial charge on any atom is -0.496 e. The Morgan fingerprint density at radius 2 is 1.87 bits per heavy atom. The highest BCUT2D eigenvalue weighted by molar-refractivity contribution is 6.32. The van der Waals surface area contributed by atoms with Gasteiger partial charge in [-0.2, -0.15) is 0 Å². The number of benzene rings is 1.